The Morgan fingerprint density at radius 2 is 2.00 bits per heavy atom. The van der Waals surface area contributed by atoms with E-state index in [0.29, 0.717) is 12.8 Å². The Kier molecular flexibility index (Phi) is 7.99. The van der Waals surface area contributed by atoms with Crippen LogP contribution in [0, 0.1) is 0 Å². The number of rotatable bonds is 9. The molecule has 0 aromatic rings. The number of halogens is 2. The van der Waals surface area contributed by atoms with Crippen molar-refractivity contribution < 1.29 is 23.4 Å². The fourth-order valence-corrected chi connectivity index (χ4v) is 1.39. The van der Waals surface area contributed by atoms with Gasteiger partial charge in [0.25, 0.3) is 6.43 Å². The molecule has 0 atom stereocenters. The average molecular weight is 253 g/mol. The van der Waals surface area contributed by atoms with Crippen LogP contribution in [0.4, 0.5) is 8.78 Å². The van der Waals surface area contributed by atoms with E-state index in [1.807, 2.05) is 13.8 Å². The maximum absolute atomic E-state index is 11.7. The number of alkyl halides is 2. The molecule has 0 aliphatic carbocycles. The van der Waals surface area contributed by atoms with Crippen molar-refractivity contribution in [3.05, 3.63) is 0 Å². The van der Waals surface area contributed by atoms with Gasteiger partial charge >= 0.3 is 0 Å². The van der Waals surface area contributed by atoms with Crippen molar-refractivity contribution in [2.45, 2.75) is 45.1 Å². The molecular formula is C11H21F2NO3. The smallest absolute Gasteiger partial charge is 0.261 e. The number of amides is 1. The quantitative estimate of drug-likeness (QED) is 0.609. The summed E-state index contributed by atoms with van der Waals surface area (Å²) in [7, 11) is 0. The molecule has 2 N–H and O–H groups in total. The molecule has 1 amide bonds. The molecule has 102 valence electrons. The van der Waals surface area contributed by atoms with Crippen LogP contribution in [0.2, 0.25) is 0 Å². The molecule has 17 heavy (non-hydrogen) atoms. The van der Waals surface area contributed by atoms with Crippen LogP contribution < -0.4 is 5.32 Å². The normalized spacial score (nSPS) is 11.9. The molecular weight excluding hydrogens is 232 g/mol. The summed E-state index contributed by atoms with van der Waals surface area (Å²) in [5.74, 6) is -0.294. The van der Waals surface area contributed by atoms with Gasteiger partial charge in [-0.3, -0.25) is 4.79 Å². The highest BCUT2D eigenvalue weighted by molar-refractivity contribution is 5.76. The summed E-state index contributed by atoms with van der Waals surface area (Å²) < 4.78 is 28.1. The van der Waals surface area contributed by atoms with Gasteiger partial charge in [-0.1, -0.05) is 13.8 Å². The van der Waals surface area contributed by atoms with E-state index < -0.39 is 18.6 Å². The molecule has 0 aromatic heterocycles. The lowest BCUT2D eigenvalue weighted by Crippen LogP contribution is -2.50. The SMILES string of the molecule is CCC(CC)(CO)NC(=O)CCOCC(F)F. The van der Waals surface area contributed by atoms with Crippen molar-refractivity contribution in [2.75, 3.05) is 19.8 Å². The topological polar surface area (TPSA) is 58.6 Å². The highest BCUT2D eigenvalue weighted by Crippen LogP contribution is 2.14. The van der Waals surface area contributed by atoms with Gasteiger partial charge in [-0.2, -0.15) is 0 Å². The van der Waals surface area contributed by atoms with E-state index in [-0.39, 0.29) is 25.5 Å². The number of hydrogen-bond donors (Lipinski definition) is 2. The van der Waals surface area contributed by atoms with Crippen LogP contribution in [0.3, 0.4) is 0 Å². The van der Waals surface area contributed by atoms with Gasteiger partial charge in [0.05, 0.1) is 18.8 Å². The summed E-state index contributed by atoms with van der Waals surface area (Å²) in [5, 5.41) is 11.9. The van der Waals surface area contributed by atoms with Gasteiger partial charge in [-0.25, -0.2) is 8.78 Å². The molecule has 4 nitrogen and oxygen atoms in total. The summed E-state index contributed by atoms with van der Waals surface area (Å²) in [6, 6.07) is 0. The second-order valence-corrected chi connectivity index (χ2v) is 3.91. The molecule has 0 rings (SSSR count). The van der Waals surface area contributed by atoms with Crippen LogP contribution in [-0.2, 0) is 9.53 Å². The zero-order chi connectivity index (χ0) is 13.3. The predicted octanol–water partition coefficient (Wildman–Crippen LogP) is 1.33. The van der Waals surface area contributed by atoms with Gasteiger partial charge in [0.15, 0.2) is 0 Å². The first-order valence-corrected chi connectivity index (χ1v) is 5.77. The standard InChI is InChI=1S/C11H21F2NO3/c1-3-11(4-2,8-15)14-10(16)5-6-17-7-9(12)13/h9,15H,3-8H2,1-2H3,(H,14,16). The van der Waals surface area contributed by atoms with E-state index in [1.54, 1.807) is 0 Å². The number of nitrogens with one attached hydrogen (secondary N) is 1. The van der Waals surface area contributed by atoms with Crippen LogP contribution in [-0.4, -0.2) is 42.8 Å². The molecule has 0 spiro atoms. The third kappa shape index (κ3) is 6.53. The van der Waals surface area contributed by atoms with Crippen molar-refractivity contribution >= 4 is 5.91 Å². The molecule has 0 unspecified atom stereocenters. The predicted molar refractivity (Wildman–Crippen MR) is 60.0 cm³/mol. The molecule has 0 bridgehead atoms. The number of aliphatic hydroxyl groups is 1. The zero-order valence-corrected chi connectivity index (χ0v) is 10.3. The molecule has 0 aromatic carbocycles. The monoisotopic (exact) mass is 253 g/mol. The van der Waals surface area contributed by atoms with E-state index in [0.717, 1.165) is 0 Å². The largest absolute Gasteiger partial charge is 0.394 e. The van der Waals surface area contributed by atoms with Gasteiger partial charge < -0.3 is 15.2 Å². The Morgan fingerprint density at radius 3 is 2.41 bits per heavy atom. The van der Waals surface area contributed by atoms with Crippen molar-refractivity contribution in [2.24, 2.45) is 0 Å². The first-order chi connectivity index (χ1) is 7.99. The molecule has 0 saturated heterocycles. The van der Waals surface area contributed by atoms with Crippen LogP contribution in [0.25, 0.3) is 0 Å². The number of carbonyl (C=O) groups is 1. The fraction of sp³-hybridized carbons (Fsp3) is 0.909. The Balaban J connectivity index is 3.91. The number of ether oxygens (including phenoxy) is 1. The van der Waals surface area contributed by atoms with E-state index in [2.05, 4.69) is 10.1 Å². The van der Waals surface area contributed by atoms with E-state index in [1.165, 1.54) is 0 Å². The molecule has 0 radical (unpaired) electrons. The highest BCUT2D eigenvalue weighted by atomic mass is 19.3. The van der Waals surface area contributed by atoms with E-state index in [4.69, 9.17) is 0 Å². The summed E-state index contributed by atoms with van der Waals surface area (Å²) in [6.45, 7) is 2.91. The van der Waals surface area contributed by atoms with Crippen LogP contribution in [0.5, 0.6) is 0 Å². The summed E-state index contributed by atoms with van der Waals surface area (Å²) in [5.41, 5.74) is -0.611. The highest BCUT2D eigenvalue weighted by Gasteiger charge is 2.26. The number of hydrogen-bond acceptors (Lipinski definition) is 3. The van der Waals surface area contributed by atoms with Gasteiger partial charge in [-0.15, -0.1) is 0 Å². The minimum absolute atomic E-state index is 0.0223. The van der Waals surface area contributed by atoms with Crippen LogP contribution in [0.15, 0.2) is 0 Å². The van der Waals surface area contributed by atoms with Gasteiger partial charge in [0, 0.05) is 6.42 Å². The molecule has 0 aliphatic heterocycles. The number of carbonyl (C=O) groups excluding carboxylic acids is 1. The second-order valence-electron chi connectivity index (χ2n) is 3.91. The molecule has 6 heteroatoms. The Bertz CT molecular complexity index is 212. The summed E-state index contributed by atoms with van der Waals surface area (Å²) in [6.07, 6.45) is -1.26. The lowest BCUT2D eigenvalue weighted by Gasteiger charge is -2.30. The number of aliphatic hydroxyl groups excluding tert-OH is 1. The van der Waals surface area contributed by atoms with Gasteiger partial charge in [0.2, 0.25) is 5.91 Å². The molecule has 0 fully saturated rings. The lowest BCUT2D eigenvalue weighted by molar-refractivity contribution is -0.125. The average Bonchev–Trinajstić information content (AvgIpc) is 2.32. The lowest BCUT2D eigenvalue weighted by atomic mass is 9.94. The minimum atomic E-state index is -2.51. The van der Waals surface area contributed by atoms with Crippen LogP contribution in [0.1, 0.15) is 33.1 Å². The van der Waals surface area contributed by atoms with Crippen molar-refractivity contribution in [3.8, 4) is 0 Å². The molecule has 0 saturated carbocycles. The maximum Gasteiger partial charge on any atom is 0.261 e. The second kappa shape index (κ2) is 8.36. The molecule has 0 heterocycles. The van der Waals surface area contributed by atoms with Crippen molar-refractivity contribution in [3.63, 3.8) is 0 Å². The third-order valence-electron chi connectivity index (χ3n) is 2.78. The van der Waals surface area contributed by atoms with Crippen molar-refractivity contribution in [1.82, 2.24) is 5.32 Å². The van der Waals surface area contributed by atoms with Crippen LogP contribution >= 0.6 is 0 Å². The summed E-state index contributed by atoms with van der Waals surface area (Å²) >= 11 is 0. The van der Waals surface area contributed by atoms with E-state index in [9.17, 15) is 18.7 Å². The first-order valence-electron chi connectivity index (χ1n) is 5.77. The first kappa shape index (κ1) is 16.2. The fourth-order valence-electron chi connectivity index (χ4n) is 1.39. The third-order valence-corrected chi connectivity index (χ3v) is 2.78. The molecule has 0 aliphatic rings. The zero-order valence-electron chi connectivity index (χ0n) is 10.3. The Labute approximate surface area is 100 Å². The van der Waals surface area contributed by atoms with Gasteiger partial charge in [-0.05, 0) is 12.8 Å². The Hall–Kier alpha value is -0.750. The summed E-state index contributed by atoms with van der Waals surface area (Å²) in [4.78, 5) is 11.5. The Morgan fingerprint density at radius 1 is 1.41 bits per heavy atom. The minimum Gasteiger partial charge on any atom is -0.394 e. The van der Waals surface area contributed by atoms with Crippen molar-refractivity contribution in [1.29, 1.82) is 0 Å². The maximum atomic E-state index is 11.7. The van der Waals surface area contributed by atoms with Gasteiger partial charge in [0.1, 0.15) is 6.61 Å². The van der Waals surface area contributed by atoms with E-state index >= 15 is 0 Å².